The van der Waals surface area contributed by atoms with E-state index in [2.05, 4.69) is 10.3 Å². The maximum atomic E-state index is 12.4. The summed E-state index contributed by atoms with van der Waals surface area (Å²) in [5, 5.41) is 2.92. The average molecular weight is 395 g/mol. The van der Waals surface area contributed by atoms with E-state index in [4.69, 9.17) is 13.9 Å². The molecule has 2 aromatic carbocycles. The first-order chi connectivity index (χ1) is 14.2. The van der Waals surface area contributed by atoms with Crippen LogP contribution in [0.15, 0.2) is 52.9 Å². The van der Waals surface area contributed by atoms with Crippen molar-refractivity contribution in [2.45, 2.75) is 18.8 Å². The van der Waals surface area contributed by atoms with Gasteiger partial charge in [-0.3, -0.25) is 0 Å². The molecule has 0 spiro atoms. The fraction of sp³-hybridized carbons (Fsp3) is 0.364. The molecule has 1 aromatic heterocycles. The summed E-state index contributed by atoms with van der Waals surface area (Å²) in [5.74, 6) is 2.56. The molecule has 2 amide bonds. The lowest BCUT2D eigenvalue weighted by Crippen LogP contribution is -2.45. The number of para-hydroxylation sites is 2. The Balaban J connectivity index is 1.19. The van der Waals surface area contributed by atoms with Crippen molar-refractivity contribution in [1.82, 2.24) is 15.2 Å². The maximum absolute atomic E-state index is 12.4. The average Bonchev–Trinajstić information content (AvgIpc) is 3.21. The molecule has 0 saturated carbocycles. The number of oxazole rings is 1. The minimum Gasteiger partial charge on any atom is -0.497 e. The molecule has 29 heavy (non-hydrogen) atoms. The van der Waals surface area contributed by atoms with Crippen LogP contribution in [0.4, 0.5) is 4.79 Å². The van der Waals surface area contributed by atoms with Crippen molar-refractivity contribution in [2.24, 2.45) is 0 Å². The normalized spacial score (nSPS) is 14.7. The predicted molar refractivity (Wildman–Crippen MR) is 109 cm³/mol. The van der Waals surface area contributed by atoms with Crippen LogP contribution in [0, 0.1) is 0 Å². The van der Waals surface area contributed by atoms with Gasteiger partial charge in [0.05, 0.1) is 13.7 Å². The number of urea groups is 1. The highest BCUT2D eigenvalue weighted by Gasteiger charge is 2.26. The van der Waals surface area contributed by atoms with Crippen molar-refractivity contribution in [1.29, 1.82) is 0 Å². The number of aromatic nitrogens is 1. The van der Waals surface area contributed by atoms with Gasteiger partial charge in [0.15, 0.2) is 11.5 Å². The molecule has 4 rings (SSSR count). The fourth-order valence-corrected chi connectivity index (χ4v) is 3.50. The number of carbonyl (C=O) groups is 1. The second-order valence-electron chi connectivity index (χ2n) is 7.04. The molecular weight excluding hydrogens is 370 g/mol. The number of rotatable bonds is 6. The van der Waals surface area contributed by atoms with E-state index in [9.17, 15) is 4.79 Å². The fourth-order valence-electron chi connectivity index (χ4n) is 3.50. The van der Waals surface area contributed by atoms with Crippen LogP contribution in [0.5, 0.6) is 11.5 Å². The number of hydrogen-bond acceptors (Lipinski definition) is 5. The van der Waals surface area contributed by atoms with Gasteiger partial charge >= 0.3 is 6.03 Å². The van der Waals surface area contributed by atoms with Gasteiger partial charge in [-0.05, 0) is 49.2 Å². The number of nitrogens with zero attached hydrogens (tertiary/aromatic N) is 2. The molecule has 1 fully saturated rings. The van der Waals surface area contributed by atoms with Gasteiger partial charge in [0, 0.05) is 19.0 Å². The van der Waals surface area contributed by atoms with Crippen LogP contribution in [0.1, 0.15) is 24.7 Å². The quantitative estimate of drug-likeness (QED) is 0.643. The molecule has 1 saturated heterocycles. The zero-order chi connectivity index (χ0) is 20.1. The van der Waals surface area contributed by atoms with E-state index in [0.717, 1.165) is 41.3 Å². The number of likely N-dealkylation sites (tertiary alicyclic amines) is 1. The number of piperidine rings is 1. The highest BCUT2D eigenvalue weighted by molar-refractivity contribution is 5.74. The molecular formula is C22H25N3O4. The lowest BCUT2D eigenvalue weighted by atomic mass is 9.97. The SMILES string of the molecule is COc1ccc(OCCNC(=O)N2CCC(c3nc4ccccc4o3)CC2)cc1. The summed E-state index contributed by atoms with van der Waals surface area (Å²) in [7, 11) is 1.63. The predicted octanol–water partition coefficient (Wildman–Crippen LogP) is 3.80. The van der Waals surface area contributed by atoms with Crippen molar-refractivity contribution in [3.8, 4) is 11.5 Å². The van der Waals surface area contributed by atoms with E-state index in [1.807, 2.05) is 53.4 Å². The van der Waals surface area contributed by atoms with E-state index < -0.39 is 0 Å². The Labute approximate surface area is 169 Å². The highest BCUT2D eigenvalue weighted by Crippen LogP contribution is 2.29. The Morgan fingerprint density at radius 2 is 1.86 bits per heavy atom. The van der Waals surface area contributed by atoms with E-state index in [-0.39, 0.29) is 11.9 Å². The summed E-state index contributed by atoms with van der Waals surface area (Å²) in [6.07, 6.45) is 1.70. The standard InChI is InChI=1S/C22H25N3O4/c1-27-17-6-8-18(9-7-17)28-15-12-23-22(26)25-13-10-16(11-14-25)21-24-19-4-2-3-5-20(19)29-21/h2-9,16H,10-15H2,1H3,(H,23,26). The number of methoxy groups -OCH3 is 1. The highest BCUT2D eigenvalue weighted by atomic mass is 16.5. The molecule has 1 aliphatic heterocycles. The van der Waals surface area contributed by atoms with Crippen LogP contribution in [-0.2, 0) is 0 Å². The molecule has 7 heteroatoms. The zero-order valence-electron chi connectivity index (χ0n) is 16.5. The molecule has 7 nitrogen and oxygen atoms in total. The van der Waals surface area contributed by atoms with Crippen LogP contribution in [0.25, 0.3) is 11.1 Å². The van der Waals surface area contributed by atoms with Gasteiger partial charge in [0.1, 0.15) is 23.6 Å². The molecule has 0 aliphatic carbocycles. The van der Waals surface area contributed by atoms with E-state index in [0.29, 0.717) is 26.2 Å². The largest absolute Gasteiger partial charge is 0.497 e. The summed E-state index contributed by atoms with van der Waals surface area (Å²) in [4.78, 5) is 18.8. The number of ether oxygens (including phenoxy) is 2. The van der Waals surface area contributed by atoms with Crippen LogP contribution in [-0.4, -0.2) is 49.3 Å². The van der Waals surface area contributed by atoms with E-state index in [1.165, 1.54) is 0 Å². The number of fused-ring (bicyclic) bond motifs is 1. The number of carbonyl (C=O) groups excluding carboxylic acids is 1. The van der Waals surface area contributed by atoms with Gasteiger partial charge in [0.2, 0.25) is 0 Å². The molecule has 1 N–H and O–H groups in total. The van der Waals surface area contributed by atoms with Crippen molar-refractivity contribution in [2.75, 3.05) is 33.4 Å². The second kappa shape index (κ2) is 8.86. The Hall–Kier alpha value is -3.22. The van der Waals surface area contributed by atoms with Crippen molar-refractivity contribution < 1.29 is 18.7 Å². The topological polar surface area (TPSA) is 76.8 Å². The number of benzene rings is 2. The van der Waals surface area contributed by atoms with Crippen LogP contribution in [0.2, 0.25) is 0 Å². The first kappa shape index (κ1) is 19.1. The zero-order valence-corrected chi connectivity index (χ0v) is 16.5. The third-order valence-electron chi connectivity index (χ3n) is 5.15. The number of nitrogens with one attached hydrogen (secondary N) is 1. The van der Waals surface area contributed by atoms with Gasteiger partial charge in [-0.1, -0.05) is 12.1 Å². The van der Waals surface area contributed by atoms with Crippen LogP contribution in [0.3, 0.4) is 0 Å². The van der Waals surface area contributed by atoms with Gasteiger partial charge < -0.3 is 24.1 Å². The number of hydrogen-bond donors (Lipinski definition) is 1. The van der Waals surface area contributed by atoms with Crippen molar-refractivity contribution in [3.05, 3.63) is 54.4 Å². The van der Waals surface area contributed by atoms with Crippen molar-refractivity contribution in [3.63, 3.8) is 0 Å². The van der Waals surface area contributed by atoms with E-state index in [1.54, 1.807) is 7.11 Å². The second-order valence-corrected chi connectivity index (χ2v) is 7.04. The van der Waals surface area contributed by atoms with Crippen LogP contribution >= 0.6 is 0 Å². The van der Waals surface area contributed by atoms with Gasteiger partial charge in [-0.15, -0.1) is 0 Å². The Kier molecular flexibility index (Phi) is 5.84. The first-order valence-electron chi connectivity index (χ1n) is 9.88. The smallest absolute Gasteiger partial charge is 0.317 e. The Morgan fingerprint density at radius 1 is 1.14 bits per heavy atom. The van der Waals surface area contributed by atoms with E-state index >= 15 is 0 Å². The molecule has 152 valence electrons. The molecule has 0 bridgehead atoms. The minimum atomic E-state index is -0.0562. The Morgan fingerprint density at radius 3 is 2.59 bits per heavy atom. The van der Waals surface area contributed by atoms with Gasteiger partial charge in [0.25, 0.3) is 0 Å². The summed E-state index contributed by atoms with van der Waals surface area (Å²) in [5.41, 5.74) is 1.71. The van der Waals surface area contributed by atoms with Crippen LogP contribution < -0.4 is 14.8 Å². The number of amides is 2. The summed E-state index contributed by atoms with van der Waals surface area (Å²) < 4.78 is 16.6. The molecule has 0 atom stereocenters. The van der Waals surface area contributed by atoms with Crippen molar-refractivity contribution >= 4 is 17.1 Å². The lowest BCUT2D eigenvalue weighted by Gasteiger charge is -2.30. The molecule has 0 unspecified atom stereocenters. The Bertz CT molecular complexity index is 913. The molecule has 3 aromatic rings. The third-order valence-corrected chi connectivity index (χ3v) is 5.15. The minimum absolute atomic E-state index is 0.0562. The monoisotopic (exact) mass is 395 g/mol. The third kappa shape index (κ3) is 4.62. The maximum Gasteiger partial charge on any atom is 0.317 e. The molecule has 0 radical (unpaired) electrons. The van der Waals surface area contributed by atoms with Gasteiger partial charge in [-0.2, -0.15) is 0 Å². The molecule has 2 heterocycles. The summed E-state index contributed by atoms with van der Waals surface area (Å²) in [6, 6.07) is 15.1. The summed E-state index contributed by atoms with van der Waals surface area (Å²) in [6.45, 7) is 2.25. The summed E-state index contributed by atoms with van der Waals surface area (Å²) >= 11 is 0. The first-order valence-corrected chi connectivity index (χ1v) is 9.88. The van der Waals surface area contributed by atoms with Gasteiger partial charge in [-0.25, -0.2) is 9.78 Å². The lowest BCUT2D eigenvalue weighted by molar-refractivity contribution is 0.175. The molecule has 1 aliphatic rings.